The molecule has 0 aromatic heterocycles. The highest BCUT2D eigenvalue weighted by Gasteiger charge is 2.42. The molecule has 1 aliphatic heterocycles. The molecule has 1 aliphatic rings. The number of carbonyl (C=O) groups is 1. The molecule has 1 unspecified atom stereocenters. The standard InChI is InChI=1S/C9H8FNO/c1-9(10)6-4-2-3-5-7(6)11-8(9)12/h2-5H,1H3,(H,11,12). The molecule has 1 aromatic rings. The van der Waals surface area contributed by atoms with Crippen molar-refractivity contribution in [1.82, 2.24) is 0 Å². The summed E-state index contributed by atoms with van der Waals surface area (Å²) in [7, 11) is 0. The topological polar surface area (TPSA) is 29.1 Å². The fourth-order valence-electron chi connectivity index (χ4n) is 1.36. The molecule has 62 valence electrons. The molecule has 0 bridgehead atoms. The molecule has 1 amide bonds. The Balaban J connectivity index is 2.63. The maximum Gasteiger partial charge on any atom is 0.266 e. The van der Waals surface area contributed by atoms with Gasteiger partial charge in [-0.15, -0.1) is 0 Å². The number of hydrogen-bond donors (Lipinski definition) is 1. The minimum absolute atomic E-state index is 0.426. The second kappa shape index (κ2) is 2.06. The van der Waals surface area contributed by atoms with E-state index in [1.165, 1.54) is 6.92 Å². The van der Waals surface area contributed by atoms with E-state index >= 15 is 0 Å². The van der Waals surface area contributed by atoms with Gasteiger partial charge in [0.15, 0.2) is 0 Å². The largest absolute Gasteiger partial charge is 0.323 e. The third-order valence-electron chi connectivity index (χ3n) is 2.11. The molecule has 2 rings (SSSR count). The second-order valence-corrected chi connectivity index (χ2v) is 3.00. The Kier molecular flexibility index (Phi) is 1.25. The second-order valence-electron chi connectivity index (χ2n) is 3.00. The average Bonchev–Trinajstić information content (AvgIpc) is 2.25. The number of alkyl halides is 1. The van der Waals surface area contributed by atoms with E-state index in [9.17, 15) is 9.18 Å². The normalized spacial score (nSPS) is 26.7. The summed E-state index contributed by atoms with van der Waals surface area (Å²) in [6.45, 7) is 1.27. The van der Waals surface area contributed by atoms with Crippen molar-refractivity contribution in [3.63, 3.8) is 0 Å². The van der Waals surface area contributed by atoms with Gasteiger partial charge in [-0.1, -0.05) is 18.2 Å². The van der Waals surface area contributed by atoms with Crippen LogP contribution in [0.15, 0.2) is 24.3 Å². The number of halogens is 1. The van der Waals surface area contributed by atoms with Crippen molar-refractivity contribution in [3.05, 3.63) is 29.8 Å². The van der Waals surface area contributed by atoms with Crippen LogP contribution >= 0.6 is 0 Å². The van der Waals surface area contributed by atoms with E-state index in [0.717, 1.165) is 0 Å². The molecule has 0 spiro atoms. The zero-order chi connectivity index (χ0) is 8.77. The zero-order valence-electron chi connectivity index (χ0n) is 6.60. The van der Waals surface area contributed by atoms with Crippen LogP contribution in [0.4, 0.5) is 10.1 Å². The lowest BCUT2D eigenvalue weighted by Crippen LogP contribution is -2.25. The smallest absolute Gasteiger partial charge is 0.266 e. The van der Waals surface area contributed by atoms with Crippen LogP contribution in [0.2, 0.25) is 0 Å². The van der Waals surface area contributed by atoms with Gasteiger partial charge in [0.25, 0.3) is 5.91 Å². The van der Waals surface area contributed by atoms with E-state index in [2.05, 4.69) is 5.32 Å². The number of rotatable bonds is 0. The van der Waals surface area contributed by atoms with Crippen LogP contribution in [0.3, 0.4) is 0 Å². The summed E-state index contributed by atoms with van der Waals surface area (Å²) < 4.78 is 13.6. The monoisotopic (exact) mass is 165 g/mol. The van der Waals surface area contributed by atoms with Gasteiger partial charge < -0.3 is 5.32 Å². The van der Waals surface area contributed by atoms with Crippen molar-refractivity contribution < 1.29 is 9.18 Å². The van der Waals surface area contributed by atoms with E-state index in [1.54, 1.807) is 24.3 Å². The van der Waals surface area contributed by atoms with Crippen LogP contribution in [-0.4, -0.2) is 5.91 Å². The molecule has 2 nitrogen and oxygen atoms in total. The van der Waals surface area contributed by atoms with Crippen molar-refractivity contribution in [2.75, 3.05) is 5.32 Å². The van der Waals surface area contributed by atoms with Crippen LogP contribution in [-0.2, 0) is 10.5 Å². The third-order valence-corrected chi connectivity index (χ3v) is 2.11. The molecule has 3 heteroatoms. The maximum atomic E-state index is 13.6. The molecular formula is C9H8FNO. The van der Waals surface area contributed by atoms with Crippen molar-refractivity contribution in [2.24, 2.45) is 0 Å². The van der Waals surface area contributed by atoms with E-state index in [-0.39, 0.29) is 0 Å². The first-order valence-corrected chi connectivity index (χ1v) is 3.72. The molecule has 12 heavy (non-hydrogen) atoms. The number of anilines is 1. The number of amides is 1. The van der Waals surface area contributed by atoms with Crippen molar-refractivity contribution in [2.45, 2.75) is 12.6 Å². The van der Waals surface area contributed by atoms with Crippen molar-refractivity contribution in [1.29, 1.82) is 0 Å². The molecule has 1 aromatic carbocycles. The molecule has 1 heterocycles. The van der Waals surface area contributed by atoms with Crippen molar-refractivity contribution in [3.8, 4) is 0 Å². The molecule has 0 saturated carbocycles. The number of para-hydroxylation sites is 1. The Bertz CT molecular complexity index is 346. The van der Waals surface area contributed by atoms with Crippen LogP contribution < -0.4 is 5.32 Å². The number of fused-ring (bicyclic) bond motifs is 1. The van der Waals surface area contributed by atoms with Crippen molar-refractivity contribution >= 4 is 11.6 Å². The average molecular weight is 165 g/mol. The predicted molar refractivity (Wildman–Crippen MR) is 43.5 cm³/mol. The van der Waals surface area contributed by atoms with E-state index in [4.69, 9.17) is 0 Å². The molecule has 1 atom stereocenters. The van der Waals surface area contributed by atoms with Gasteiger partial charge in [-0.3, -0.25) is 4.79 Å². The van der Waals surface area contributed by atoms with Crippen LogP contribution in [0.25, 0.3) is 0 Å². The van der Waals surface area contributed by atoms with Gasteiger partial charge in [-0.2, -0.15) is 0 Å². The highest BCUT2D eigenvalue weighted by atomic mass is 19.1. The highest BCUT2D eigenvalue weighted by Crippen LogP contribution is 2.37. The first-order chi connectivity index (χ1) is 5.62. The fraction of sp³-hybridized carbons (Fsp3) is 0.222. The quantitative estimate of drug-likeness (QED) is 0.624. The van der Waals surface area contributed by atoms with Gasteiger partial charge >= 0.3 is 0 Å². The lowest BCUT2D eigenvalue weighted by atomic mass is 10.0. The summed E-state index contributed by atoms with van der Waals surface area (Å²) in [4.78, 5) is 11.1. The molecular weight excluding hydrogens is 157 g/mol. The Labute approximate surface area is 69.4 Å². The Hall–Kier alpha value is -1.38. The van der Waals surface area contributed by atoms with E-state index in [0.29, 0.717) is 11.3 Å². The Morgan fingerprint density at radius 1 is 1.42 bits per heavy atom. The minimum Gasteiger partial charge on any atom is -0.323 e. The number of nitrogens with one attached hydrogen (secondary N) is 1. The minimum atomic E-state index is -1.86. The van der Waals surface area contributed by atoms with Gasteiger partial charge in [0.05, 0.1) is 0 Å². The summed E-state index contributed by atoms with van der Waals surface area (Å²) in [5.41, 5.74) is -0.862. The molecule has 0 saturated heterocycles. The first-order valence-electron chi connectivity index (χ1n) is 3.72. The lowest BCUT2D eigenvalue weighted by molar-refractivity contribution is -0.125. The van der Waals surface area contributed by atoms with Crippen LogP contribution in [0, 0.1) is 0 Å². The SMILES string of the molecule is CC1(F)C(=O)Nc2ccccc21. The summed E-state index contributed by atoms with van der Waals surface area (Å²) >= 11 is 0. The zero-order valence-corrected chi connectivity index (χ0v) is 6.60. The summed E-state index contributed by atoms with van der Waals surface area (Å²) in [6, 6.07) is 6.79. The first kappa shape index (κ1) is 7.28. The molecule has 0 radical (unpaired) electrons. The van der Waals surface area contributed by atoms with Gasteiger partial charge in [0, 0.05) is 11.3 Å². The Morgan fingerprint density at radius 2 is 2.08 bits per heavy atom. The number of hydrogen-bond acceptors (Lipinski definition) is 1. The van der Waals surface area contributed by atoms with E-state index < -0.39 is 11.6 Å². The summed E-state index contributed by atoms with van der Waals surface area (Å²) in [6.07, 6.45) is 0. The number of benzene rings is 1. The highest BCUT2D eigenvalue weighted by molar-refractivity contribution is 6.04. The lowest BCUT2D eigenvalue weighted by Gasteiger charge is -2.09. The third kappa shape index (κ3) is 0.763. The van der Waals surface area contributed by atoms with Gasteiger partial charge in [0.1, 0.15) is 0 Å². The Morgan fingerprint density at radius 3 is 2.75 bits per heavy atom. The van der Waals surface area contributed by atoms with E-state index in [1.807, 2.05) is 0 Å². The van der Waals surface area contributed by atoms with Gasteiger partial charge in [-0.25, -0.2) is 4.39 Å². The molecule has 0 aliphatic carbocycles. The molecule has 0 fully saturated rings. The number of carbonyl (C=O) groups excluding carboxylic acids is 1. The predicted octanol–water partition coefficient (Wildman–Crippen LogP) is 1.82. The van der Waals surface area contributed by atoms with Gasteiger partial charge in [0.2, 0.25) is 5.67 Å². The molecule has 1 N–H and O–H groups in total. The maximum absolute atomic E-state index is 13.6. The summed E-state index contributed by atoms with van der Waals surface area (Å²) in [5.74, 6) is -0.580. The summed E-state index contributed by atoms with van der Waals surface area (Å²) in [5, 5.41) is 2.47. The van der Waals surface area contributed by atoms with Crippen LogP contribution in [0.1, 0.15) is 12.5 Å². The van der Waals surface area contributed by atoms with Gasteiger partial charge in [-0.05, 0) is 13.0 Å². The van der Waals surface area contributed by atoms with Crippen LogP contribution in [0.5, 0.6) is 0 Å². The fourth-order valence-corrected chi connectivity index (χ4v) is 1.36.